The van der Waals surface area contributed by atoms with Crippen molar-refractivity contribution in [2.45, 2.75) is 45.0 Å². The number of tetrazole rings is 1. The van der Waals surface area contributed by atoms with Gasteiger partial charge in [0.1, 0.15) is 12.4 Å². The third-order valence-electron chi connectivity index (χ3n) is 4.58. The maximum absolute atomic E-state index is 5.83. The molecule has 0 spiro atoms. The Kier molecular flexibility index (Phi) is 4.93. The van der Waals surface area contributed by atoms with Crippen LogP contribution in [0.5, 0.6) is 5.75 Å². The lowest BCUT2D eigenvalue weighted by atomic mass is 10.2. The summed E-state index contributed by atoms with van der Waals surface area (Å²) in [5.41, 5.74) is 2.37. The molecule has 134 valence electrons. The van der Waals surface area contributed by atoms with Crippen LogP contribution >= 0.6 is 0 Å². The van der Waals surface area contributed by atoms with E-state index in [1.807, 2.05) is 35.0 Å². The molecule has 0 amide bonds. The van der Waals surface area contributed by atoms with Gasteiger partial charge in [0.2, 0.25) is 0 Å². The first-order valence-corrected chi connectivity index (χ1v) is 9.06. The quantitative estimate of drug-likeness (QED) is 0.675. The molecule has 2 aromatic carbocycles. The number of rotatable bonds is 8. The number of hydrogen-bond acceptors (Lipinski definition) is 5. The van der Waals surface area contributed by atoms with Gasteiger partial charge in [-0.25, -0.2) is 4.68 Å². The topological polar surface area (TPSA) is 64.9 Å². The lowest BCUT2D eigenvalue weighted by molar-refractivity contribution is 0.306. The Labute approximate surface area is 153 Å². The maximum Gasteiger partial charge on any atom is 0.168 e. The molecule has 26 heavy (non-hydrogen) atoms. The highest BCUT2D eigenvalue weighted by molar-refractivity contribution is 5.27. The summed E-state index contributed by atoms with van der Waals surface area (Å²) in [7, 11) is 0. The van der Waals surface area contributed by atoms with Crippen LogP contribution in [0.3, 0.4) is 0 Å². The summed E-state index contributed by atoms with van der Waals surface area (Å²) in [5, 5.41) is 15.6. The number of ether oxygens (including phenoxy) is 1. The van der Waals surface area contributed by atoms with E-state index in [0.29, 0.717) is 12.6 Å². The van der Waals surface area contributed by atoms with E-state index in [9.17, 15) is 0 Å². The Morgan fingerprint density at radius 3 is 2.58 bits per heavy atom. The highest BCUT2D eigenvalue weighted by atomic mass is 16.5. The summed E-state index contributed by atoms with van der Waals surface area (Å²) >= 11 is 0. The van der Waals surface area contributed by atoms with Crippen LogP contribution in [0.2, 0.25) is 0 Å². The van der Waals surface area contributed by atoms with Gasteiger partial charge < -0.3 is 10.1 Å². The van der Waals surface area contributed by atoms with Gasteiger partial charge in [-0.05, 0) is 53.5 Å². The summed E-state index contributed by atoms with van der Waals surface area (Å²) in [6.07, 6.45) is 2.35. The lowest BCUT2D eigenvalue weighted by Crippen LogP contribution is -2.22. The summed E-state index contributed by atoms with van der Waals surface area (Å²) in [6.45, 7) is 3.44. The van der Waals surface area contributed by atoms with Crippen LogP contribution in [-0.4, -0.2) is 20.2 Å². The molecular formula is C20H23N5O. The molecule has 0 aliphatic heterocycles. The van der Waals surface area contributed by atoms with Crippen LogP contribution < -0.4 is 10.1 Å². The molecule has 1 aliphatic rings. The monoisotopic (exact) mass is 349 g/mol. The van der Waals surface area contributed by atoms with Crippen LogP contribution in [0.25, 0.3) is 0 Å². The van der Waals surface area contributed by atoms with Gasteiger partial charge in [0.05, 0.1) is 12.1 Å². The fraction of sp³-hybridized carbons (Fsp3) is 0.350. The maximum atomic E-state index is 5.83. The average Bonchev–Trinajstić information content (AvgIpc) is 3.42. The fourth-order valence-electron chi connectivity index (χ4n) is 2.87. The highest BCUT2D eigenvalue weighted by Crippen LogP contribution is 2.35. The van der Waals surface area contributed by atoms with E-state index in [2.05, 4.69) is 52.0 Å². The number of benzene rings is 2. The first kappa shape index (κ1) is 16.7. The minimum absolute atomic E-state index is 0.111. The molecular weight excluding hydrogens is 326 g/mol. The minimum Gasteiger partial charge on any atom is -0.489 e. The standard InChI is InChI=1S/C20H23N5O/c1-15(20-22-23-24-25(20)18-9-10-18)21-13-16-7-11-19(12-8-16)26-14-17-5-3-2-4-6-17/h2-8,11-12,15,18,21H,9-10,13-14H2,1H3/t15-/m1/s1. The van der Waals surface area contributed by atoms with E-state index < -0.39 is 0 Å². The van der Waals surface area contributed by atoms with Gasteiger partial charge in [0, 0.05) is 6.54 Å². The Hall–Kier alpha value is -2.73. The molecule has 1 saturated carbocycles. The summed E-state index contributed by atoms with van der Waals surface area (Å²) in [4.78, 5) is 0. The third-order valence-corrected chi connectivity index (χ3v) is 4.58. The van der Waals surface area contributed by atoms with Crippen molar-refractivity contribution in [3.8, 4) is 5.75 Å². The van der Waals surface area contributed by atoms with Crippen LogP contribution in [-0.2, 0) is 13.2 Å². The Morgan fingerprint density at radius 1 is 1.08 bits per heavy atom. The molecule has 1 atom stereocenters. The van der Waals surface area contributed by atoms with Crippen molar-refractivity contribution in [2.24, 2.45) is 0 Å². The number of nitrogens with one attached hydrogen (secondary N) is 1. The average molecular weight is 349 g/mol. The van der Waals surface area contributed by atoms with E-state index >= 15 is 0 Å². The van der Waals surface area contributed by atoms with Crippen molar-refractivity contribution in [2.75, 3.05) is 0 Å². The third kappa shape index (κ3) is 4.08. The predicted molar refractivity (Wildman–Crippen MR) is 98.6 cm³/mol. The van der Waals surface area contributed by atoms with Crippen molar-refractivity contribution >= 4 is 0 Å². The molecule has 1 aliphatic carbocycles. The second-order valence-electron chi connectivity index (χ2n) is 6.73. The van der Waals surface area contributed by atoms with Crippen molar-refractivity contribution in [3.05, 3.63) is 71.5 Å². The molecule has 0 radical (unpaired) electrons. The largest absolute Gasteiger partial charge is 0.489 e. The van der Waals surface area contributed by atoms with Gasteiger partial charge in [-0.1, -0.05) is 42.5 Å². The zero-order valence-electron chi connectivity index (χ0n) is 14.9. The molecule has 0 unspecified atom stereocenters. The van der Waals surface area contributed by atoms with Crippen molar-refractivity contribution < 1.29 is 4.74 Å². The lowest BCUT2D eigenvalue weighted by Gasteiger charge is -2.14. The molecule has 1 N–H and O–H groups in total. The molecule has 1 fully saturated rings. The molecule has 4 rings (SSSR count). The molecule has 0 saturated heterocycles. The SMILES string of the molecule is C[C@@H](NCc1ccc(OCc2ccccc2)cc1)c1nnnn1C1CC1. The smallest absolute Gasteiger partial charge is 0.168 e. The van der Waals surface area contributed by atoms with E-state index in [1.54, 1.807) is 0 Å². The predicted octanol–water partition coefficient (Wildman–Crippen LogP) is 3.44. The first-order chi connectivity index (χ1) is 12.8. The molecule has 6 nitrogen and oxygen atoms in total. The van der Waals surface area contributed by atoms with Gasteiger partial charge in [-0.3, -0.25) is 0 Å². The van der Waals surface area contributed by atoms with E-state index in [-0.39, 0.29) is 6.04 Å². The van der Waals surface area contributed by atoms with Crippen molar-refractivity contribution in [3.63, 3.8) is 0 Å². The number of hydrogen-bond donors (Lipinski definition) is 1. The number of aromatic nitrogens is 4. The van der Waals surface area contributed by atoms with Gasteiger partial charge >= 0.3 is 0 Å². The zero-order chi connectivity index (χ0) is 17.8. The van der Waals surface area contributed by atoms with Crippen LogP contribution in [0.1, 0.15) is 48.8 Å². The van der Waals surface area contributed by atoms with E-state index in [0.717, 1.165) is 18.1 Å². The molecule has 6 heteroatoms. The van der Waals surface area contributed by atoms with E-state index in [4.69, 9.17) is 4.74 Å². The second kappa shape index (κ2) is 7.66. The van der Waals surface area contributed by atoms with Crippen LogP contribution in [0.15, 0.2) is 54.6 Å². The van der Waals surface area contributed by atoms with Crippen molar-refractivity contribution in [1.29, 1.82) is 0 Å². The molecule has 0 bridgehead atoms. The Morgan fingerprint density at radius 2 is 1.85 bits per heavy atom. The zero-order valence-corrected chi connectivity index (χ0v) is 14.9. The normalized spacial score (nSPS) is 15.0. The van der Waals surface area contributed by atoms with Crippen molar-refractivity contribution in [1.82, 2.24) is 25.5 Å². The second-order valence-corrected chi connectivity index (χ2v) is 6.73. The first-order valence-electron chi connectivity index (χ1n) is 9.06. The molecule has 1 heterocycles. The van der Waals surface area contributed by atoms with Gasteiger partial charge in [-0.15, -0.1) is 5.10 Å². The van der Waals surface area contributed by atoms with Gasteiger partial charge in [0.15, 0.2) is 5.82 Å². The minimum atomic E-state index is 0.111. The highest BCUT2D eigenvalue weighted by Gasteiger charge is 2.29. The van der Waals surface area contributed by atoms with Gasteiger partial charge in [-0.2, -0.15) is 0 Å². The molecule has 3 aromatic rings. The molecule has 1 aromatic heterocycles. The summed E-state index contributed by atoms with van der Waals surface area (Å²) in [5.74, 6) is 1.79. The van der Waals surface area contributed by atoms with E-state index in [1.165, 1.54) is 24.0 Å². The van der Waals surface area contributed by atoms with Gasteiger partial charge in [0.25, 0.3) is 0 Å². The Balaban J connectivity index is 1.29. The van der Waals surface area contributed by atoms with Crippen LogP contribution in [0, 0.1) is 0 Å². The number of nitrogens with zero attached hydrogens (tertiary/aromatic N) is 4. The summed E-state index contributed by atoms with van der Waals surface area (Å²) in [6, 6.07) is 19.0. The summed E-state index contributed by atoms with van der Waals surface area (Å²) < 4.78 is 7.79. The fourth-order valence-corrected chi connectivity index (χ4v) is 2.87. The Bertz CT molecular complexity index is 827. The van der Waals surface area contributed by atoms with Crippen LogP contribution in [0.4, 0.5) is 0 Å².